The number of nitrogens with two attached hydrogens (primary N) is 1. The van der Waals surface area contributed by atoms with Crippen molar-refractivity contribution in [3.05, 3.63) is 35.1 Å². The van der Waals surface area contributed by atoms with Crippen LogP contribution in [0.3, 0.4) is 0 Å². The van der Waals surface area contributed by atoms with Crippen LogP contribution in [0.1, 0.15) is 22.8 Å². The molecule has 1 unspecified atom stereocenters. The van der Waals surface area contributed by atoms with Crippen LogP contribution in [0.15, 0.2) is 18.2 Å². The first-order valence-electron chi connectivity index (χ1n) is 5.97. The van der Waals surface area contributed by atoms with Crippen LogP contribution in [0.5, 0.6) is 0 Å². The number of carbonyl (C=O) groups excluding carboxylic acids is 2. The molecule has 1 aromatic rings. The number of amides is 2. The summed E-state index contributed by atoms with van der Waals surface area (Å²) in [5.74, 6) is -2.54. The normalized spacial score (nSPS) is 11.7. The third kappa shape index (κ3) is 5.42. The van der Waals surface area contributed by atoms with E-state index in [9.17, 15) is 18.8 Å². The largest absolute Gasteiger partial charge is 0.480 e. The van der Waals surface area contributed by atoms with Crippen LogP contribution in [0.25, 0.3) is 0 Å². The number of carboxylic acid groups (broad SMARTS) is 1. The van der Waals surface area contributed by atoms with Gasteiger partial charge in [-0.1, -0.05) is 0 Å². The molecule has 0 saturated heterocycles. The number of carboxylic acids is 1. The number of hydrogen-bond acceptors (Lipinski definition) is 4. The highest BCUT2D eigenvalue weighted by molar-refractivity contribution is 7.98. The minimum absolute atomic E-state index is 0.0785. The van der Waals surface area contributed by atoms with Gasteiger partial charge in [-0.15, -0.1) is 0 Å². The lowest BCUT2D eigenvalue weighted by molar-refractivity contribution is -0.140. The molecule has 1 rings (SSSR count). The number of primary amides is 1. The summed E-state index contributed by atoms with van der Waals surface area (Å²) in [6, 6.07) is 2.70. The zero-order valence-corrected chi connectivity index (χ0v) is 12.1. The molecule has 2 amide bonds. The van der Waals surface area contributed by atoms with E-state index in [2.05, 4.69) is 5.32 Å². The molecular weight excluding hydrogens is 299 g/mol. The maximum atomic E-state index is 13.6. The molecule has 8 heteroatoms. The highest BCUT2D eigenvalue weighted by Crippen LogP contribution is 2.18. The van der Waals surface area contributed by atoms with E-state index < -0.39 is 29.6 Å². The predicted octanol–water partition coefficient (Wildman–Crippen LogP) is 0.747. The minimum Gasteiger partial charge on any atom is -0.480 e. The number of halogens is 1. The lowest BCUT2D eigenvalue weighted by atomic mass is 10.1. The number of thioether (sulfide) groups is 1. The SMILES string of the molecule is CC(=O)NC(CSCc1cc(C(N)=O)ccc1F)C(=O)O. The third-order valence-corrected chi connectivity index (χ3v) is 3.63. The number of hydrogen-bond donors (Lipinski definition) is 3. The molecule has 1 atom stereocenters. The van der Waals surface area contributed by atoms with E-state index in [4.69, 9.17) is 10.8 Å². The average molecular weight is 314 g/mol. The number of nitrogens with one attached hydrogen (secondary N) is 1. The topological polar surface area (TPSA) is 109 Å². The van der Waals surface area contributed by atoms with Gasteiger partial charge >= 0.3 is 5.97 Å². The van der Waals surface area contributed by atoms with E-state index in [0.29, 0.717) is 0 Å². The Bertz CT molecular complexity index is 565. The second-order valence-corrected chi connectivity index (χ2v) is 5.31. The van der Waals surface area contributed by atoms with E-state index in [1.54, 1.807) is 0 Å². The molecule has 114 valence electrons. The Labute approximate surface area is 124 Å². The first-order valence-corrected chi connectivity index (χ1v) is 7.12. The summed E-state index contributed by atoms with van der Waals surface area (Å²) >= 11 is 1.13. The van der Waals surface area contributed by atoms with Gasteiger partial charge in [-0.3, -0.25) is 9.59 Å². The van der Waals surface area contributed by atoms with Crippen LogP contribution < -0.4 is 11.1 Å². The second kappa shape index (κ2) is 7.63. The van der Waals surface area contributed by atoms with Crippen molar-refractivity contribution in [3.8, 4) is 0 Å². The van der Waals surface area contributed by atoms with Gasteiger partial charge in [-0.25, -0.2) is 9.18 Å². The van der Waals surface area contributed by atoms with Crippen molar-refractivity contribution in [1.82, 2.24) is 5.32 Å². The highest BCUT2D eigenvalue weighted by atomic mass is 32.2. The number of aliphatic carboxylic acids is 1. The quantitative estimate of drug-likeness (QED) is 0.688. The van der Waals surface area contributed by atoms with Crippen molar-refractivity contribution in [2.45, 2.75) is 18.7 Å². The summed E-state index contributed by atoms with van der Waals surface area (Å²) in [5.41, 5.74) is 5.55. The zero-order chi connectivity index (χ0) is 16.0. The molecule has 0 aliphatic carbocycles. The Morgan fingerprint density at radius 1 is 1.43 bits per heavy atom. The van der Waals surface area contributed by atoms with Crippen molar-refractivity contribution in [2.75, 3.05) is 5.75 Å². The lowest BCUT2D eigenvalue weighted by Crippen LogP contribution is -2.41. The van der Waals surface area contributed by atoms with Gasteiger partial charge in [-0.05, 0) is 23.8 Å². The molecule has 4 N–H and O–H groups in total. The molecule has 6 nitrogen and oxygen atoms in total. The first kappa shape index (κ1) is 17.0. The van der Waals surface area contributed by atoms with Crippen molar-refractivity contribution in [3.63, 3.8) is 0 Å². The van der Waals surface area contributed by atoms with Crippen molar-refractivity contribution >= 4 is 29.5 Å². The number of carbonyl (C=O) groups is 3. The zero-order valence-electron chi connectivity index (χ0n) is 11.3. The summed E-state index contributed by atoms with van der Waals surface area (Å²) in [6.45, 7) is 1.22. The summed E-state index contributed by atoms with van der Waals surface area (Å²) in [4.78, 5) is 32.8. The maximum Gasteiger partial charge on any atom is 0.327 e. The molecule has 0 bridgehead atoms. The Morgan fingerprint density at radius 2 is 2.10 bits per heavy atom. The van der Waals surface area contributed by atoms with E-state index in [-0.39, 0.29) is 22.6 Å². The minimum atomic E-state index is -1.16. The van der Waals surface area contributed by atoms with E-state index in [0.717, 1.165) is 17.8 Å². The predicted molar refractivity (Wildman–Crippen MR) is 76.3 cm³/mol. The molecule has 0 saturated carbocycles. The fourth-order valence-electron chi connectivity index (χ4n) is 1.55. The highest BCUT2D eigenvalue weighted by Gasteiger charge is 2.18. The molecular formula is C13H15FN2O4S. The number of rotatable bonds is 7. The van der Waals surface area contributed by atoms with Gasteiger partial charge in [0.25, 0.3) is 0 Å². The van der Waals surface area contributed by atoms with Crippen LogP contribution in [-0.4, -0.2) is 34.7 Å². The monoisotopic (exact) mass is 314 g/mol. The fraction of sp³-hybridized carbons (Fsp3) is 0.308. The first-order chi connectivity index (χ1) is 9.81. The Balaban J connectivity index is 2.66. The van der Waals surface area contributed by atoms with Gasteiger partial charge < -0.3 is 16.2 Å². The lowest BCUT2D eigenvalue weighted by Gasteiger charge is -2.13. The Morgan fingerprint density at radius 3 is 2.62 bits per heavy atom. The van der Waals surface area contributed by atoms with Crippen molar-refractivity contribution in [2.24, 2.45) is 5.73 Å². The summed E-state index contributed by atoms with van der Waals surface area (Å²) in [6.07, 6.45) is 0. The summed E-state index contributed by atoms with van der Waals surface area (Å²) in [7, 11) is 0. The second-order valence-electron chi connectivity index (χ2n) is 4.28. The van der Waals surface area contributed by atoms with E-state index in [1.165, 1.54) is 19.1 Å². The number of benzene rings is 1. The molecule has 1 aromatic carbocycles. The average Bonchev–Trinajstić information content (AvgIpc) is 2.38. The van der Waals surface area contributed by atoms with E-state index >= 15 is 0 Å². The van der Waals surface area contributed by atoms with Gasteiger partial charge in [0.1, 0.15) is 11.9 Å². The molecule has 0 spiro atoms. The van der Waals surface area contributed by atoms with Gasteiger partial charge in [0, 0.05) is 24.0 Å². The third-order valence-electron chi connectivity index (χ3n) is 2.55. The fourth-order valence-corrected chi connectivity index (χ4v) is 2.57. The van der Waals surface area contributed by atoms with Crippen LogP contribution in [0.2, 0.25) is 0 Å². The van der Waals surface area contributed by atoms with Gasteiger partial charge in [0.15, 0.2) is 0 Å². The standard InChI is InChI=1S/C13H15FN2O4S/c1-7(17)16-11(13(19)20)6-21-5-9-4-8(12(15)18)2-3-10(9)14/h2-4,11H,5-6H2,1H3,(H2,15,18)(H,16,17)(H,19,20). The molecule has 0 aliphatic rings. The van der Waals surface area contributed by atoms with Crippen LogP contribution in [-0.2, 0) is 15.3 Å². The molecule has 0 fully saturated rings. The van der Waals surface area contributed by atoms with Gasteiger partial charge in [0.05, 0.1) is 0 Å². The molecule has 0 aromatic heterocycles. The van der Waals surface area contributed by atoms with Crippen molar-refractivity contribution < 1.29 is 23.9 Å². The van der Waals surface area contributed by atoms with Gasteiger partial charge in [-0.2, -0.15) is 11.8 Å². The smallest absolute Gasteiger partial charge is 0.327 e. The molecule has 21 heavy (non-hydrogen) atoms. The summed E-state index contributed by atoms with van der Waals surface area (Å²) in [5, 5.41) is 11.2. The van der Waals surface area contributed by atoms with Crippen LogP contribution in [0.4, 0.5) is 4.39 Å². The van der Waals surface area contributed by atoms with Crippen molar-refractivity contribution in [1.29, 1.82) is 0 Å². The molecule has 0 aliphatic heterocycles. The molecule has 0 radical (unpaired) electrons. The maximum absolute atomic E-state index is 13.6. The van der Waals surface area contributed by atoms with Crippen LogP contribution in [0, 0.1) is 5.82 Å². The summed E-state index contributed by atoms with van der Waals surface area (Å²) < 4.78 is 13.6. The van der Waals surface area contributed by atoms with Crippen LogP contribution >= 0.6 is 11.8 Å². The van der Waals surface area contributed by atoms with Gasteiger partial charge in [0.2, 0.25) is 11.8 Å². The Kier molecular flexibility index (Phi) is 6.16. The van der Waals surface area contributed by atoms with E-state index in [1.807, 2.05) is 0 Å². The Hall–Kier alpha value is -2.09. The molecule has 0 heterocycles.